The lowest BCUT2D eigenvalue weighted by Crippen LogP contribution is -2.42. The van der Waals surface area contributed by atoms with Crippen molar-refractivity contribution >= 4 is 23.6 Å². The second-order valence-electron chi connectivity index (χ2n) is 8.84. The van der Waals surface area contributed by atoms with E-state index in [4.69, 9.17) is 4.74 Å². The topological polar surface area (TPSA) is 63.5 Å². The van der Waals surface area contributed by atoms with Gasteiger partial charge in [0.2, 0.25) is 11.9 Å². The van der Waals surface area contributed by atoms with Crippen LogP contribution in [0.2, 0.25) is 0 Å². The van der Waals surface area contributed by atoms with E-state index >= 15 is 0 Å². The molecule has 32 heavy (non-hydrogen) atoms. The Kier molecular flexibility index (Phi) is 7.60. The highest BCUT2D eigenvalue weighted by molar-refractivity contribution is 8.00. The molecule has 1 unspecified atom stereocenters. The molecule has 1 saturated heterocycles. The number of nitrogens with zero attached hydrogens (tertiary/aromatic N) is 5. The van der Waals surface area contributed by atoms with Crippen molar-refractivity contribution in [2.24, 2.45) is 0 Å². The van der Waals surface area contributed by atoms with Crippen molar-refractivity contribution in [2.45, 2.75) is 74.7 Å². The van der Waals surface area contributed by atoms with Crippen LogP contribution in [-0.2, 0) is 4.79 Å². The number of para-hydroxylation sites is 2. The predicted octanol–water partition coefficient (Wildman–Crippen LogP) is 4.54. The lowest BCUT2D eigenvalue weighted by Gasteiger charge is -2.32. The number of carbonyl (C=O) groups is 1. The van der Waals surface area contributed by atoms with Crippen LogP contribution in [0.3, 0.4) is 0 Å². The monoisotopic (exact) mass is 457 g/mol. The van der Waals surface area contributed by atoms with Gasteiger partial charge in [0.15, 0.2) is 5.16 Å². The number of hydrogen-bond donors (Lipinski definition) is 0. The first-order valence-electron chi connectivity index (χ1n) is 11.9. The Bertz CT molecular complexity index is 906. The quantitative estimate of drug-likeness (QED) is 0.569. The summed E-state index contributed by atoms with van der Waals surface area (Å²) in [7, 11) is 3.64. The number of amides is 1. The molecule has 1 aromatic carbocycles. The Morgan fingerprint density at radius 3 is 2.50 bits per heavy atom. The van der Waals surface area contributed by atoms with Crippen LogP contribution < -0.4 is 9.64 Å². The third kappa shape index (κ3) is 4.90. The van der Waals surface area contributed by atoms with E-state index in [1.165, 1.54) is 37.4 Å². The first kappa shape index (κ1) is 23.0. The Morgan fingerprint density at radius 2 is 1.78 bits per heavy atom. The third-order valence-corrected chi connectivity index (χ3v) is 7.71. The summed E-state index contributed by atoms with van der Waals surface area (Å²) in [4.78, 5) is 17.5. The van der Waals surface area contributed by atoms with E-state index in [0.717, 1.165) is 61.3 Å². The van der Waals surface area contributed by atoms with Crippen molar-refractivity contribution < 1.29 is 9.53 Å². The first-order valence-corrected chi connectivity index (χ1v) is 12.7. The predicted molar refractivity (Wildman–Crippen MR) is 129 cm³/mol. The largest absolute Gasteiger partial charge is 0.495 e. The van der Waals surface area contributed by atoms with E-state index in [-0.39, 0.29) is 11.2 Å². The maximum Gasteiger partial charge on any atom is 0.235 e. The molecule has 0 N–H and O–H groups in total. The summed E-state index contributed by atoms with van der Waals surface area (Å²) in [6.07, 6.45) is 9.48. The Hall–Kier alpha value is -2.22. The van der Waals surface area contributed by atoms with E-state index in [2.05, 4.69) is 19.7 Å². The number of piperidine rings is 1. The van der Waals surface area contributed by atoms with Crippen LogP contribution in [0.25, 0.3) is 5.69 Å². The standard InChI is InChI=1S/C24H35N5O2S/c1-18(22(30)27(2)19-12-6-4-7-13-19)32-24-26-25-23(28-16-10-5-11-17-28)29(24)20-14-8-9-15-21(20)31-3/h8-9,14-15,18-19H,4-7,10-13,16-17H2,1-3H3. The number of rotatable bonds is 7. The molecule has 2 aliphatic rings. The van der Waals surface area contributed by atoms with Crippen LogP contribution in [-0.4, -0.2) is 64.1 Å². The molecular weight excluding hydrogens is 422 g/mol. The van der Waals surface area contributed by atoms with Crippen LogP contribution in [0.15, 0.2) is 29.4 Å². The van der Waals surface area contributed by atoms with Gasteiger partial charge in [0, 0.05) is 26.2 Å². The van der Waals surface area contributed by atoms with Gasteiger partial charge < -0.3 is 14.5 Å². The van der Waals surface area contributed by atoms with Gasteiger partial charge in [0.25, 0.3) is 0 Å². The number of carbonyl (C=O) groups excluding carboxylic acids is 1. The third-order valence-electron chi connectivity index (χ3n) is 6.68. The smallest absolute Gasteiger partial charge is 0.235 e. The summed E-state index contributed by atoms with van der Waals surface area (Å²) in [6, 6.07) is 8.30. The molecule has 0 radical (unpaired) electrons. The van der Waals surface area contributed by atoms with Gasteiger partial charge in [-0.1, -0.05) is 43.2 Å². The van der Waals surface area contributed by atoms with Crippen LogP contribution >= 0.6 is 11.8 Å². The molecule has 4 rings (SSSR count). The van der Waals surface area contributed by atoms with Gasteiger partial charge in [-0.3, -0.25) is 9.36 Å². The molecule has 1 atom stereocenters. The molecule has 0 bridgehead atoms. The zero-order valence-electron chi connectivity index (χ0n) is 19.5. The van der Waals surface area contributed by atoms with E-state index in [1.807, 2.05) is 43.1 Å². The molecule has 2 aromatic rings. The van der Waals surface area contributed by atoms with E-state index in [0.29, 0.717) is 6.04 Å². The summed E-state index contributed by atoms with van der Waals surface area (Å²) in [5.41, 5.74) is 0.906. The average Bonchev–Trinajstić information content (AvgIpc) is 3.27. The molecule has 2 fully saturated rings. The summed E-state index contributed by atoms with van der Waals surface area (Å²) < 4.78 is 7.73. The van der Waals surface area contributed by atoms with Gasteiger partial charge >= 0.3 is 0 Å². The average molecular weight is 458 g/mol. The summed E-state index contributed by atoms with van der Waals surface area (Å²) in [5.74, 6) is 1.76. The lowest BCUT2D eigenvalue weighted by atomic mass is 9.94. The van der Waals surface area contributed by atoms with Crippen molar-refractivity contribution in [2.75, 3.05) is 32.1 Å². The van der Waals surface area contributed by atoms with Crippen molar-refractivity contribution in [3.8, 4) is 11.4 Å². The summed E-state index contributed by atoms with van der Waals surface area (Å²) in [6.45, 7) is 3.92. The molecule has 1 saturated carbocycles. The fourth-order valence-electron chi connectivity index (χ4n) is 4.81. The van der Waals surface area contributed by atoms with E-state index in [1.54, 1.807) is 7.11 Å². The molecule has 8 heteroatoms. The fourth-order valence-corrected chi connectivity index (χ4v) is 5.76. The highest BCUT2D eigenvalue weighted by Crippen LogP contribution is 2.35. The van der Waals surface area contributed by atoms with E-state index < -0.39 is 0 Å². The van der Waals surface area contributed by atoms with Crippen LogP contribution in [0.5, 0.6) is 5.75 Å². The second kappa shape index (κ2) is 10.6. The Labute approximate surface area is 195 Å². The molecule has 2 heterocycles. The van der Waals surface area contributed by atoms with Gasteiger partial charge in [-0.05, 0) is 51.2 Å². The van der Waals surface area contributed by atoms with Crippen LogP contribution in [0.1, 0.15) is 58.3 Å². The minimum atomic E-state index is -0.242. The zero-order valence-corrected chi connectivity index (χ0v) is 20.3. The molecule has 0 spiro atoms. The lowest BCUT2D eigenvalue weighted by molar-refractivity contribution is -0.131. The minimum Gasteiger partial charge on any atom is -0.495 e. The highest BCUT2D eigenvalue weighted by atomic mass is 32.2. The Morgan fingerprint density at radius 1 is 1.09 bits per heavy atom. The molecule has 1 amide bonds. The van der Waals surface area contributed by atoms with Gasteiger partial charge in [-0.25, -0.2) is 0 Å². The number of thioether (sulfide) groups is 1. The second-order valence-corrected chi connectivity index (χ2v) is 10.1. The number of aromatic nitrogens is 3. The molecule has 174 valence electrons. The van der Waals surface area contributed by atoms with Crippen molar-refractivity contribution in [3.05, 3.63) is 24.3 Å². The number of benzene rings is 1. The van der Waals surface area contributed by atoms with Gasteiger partial charge in [-0.2, -0.15) is 0 Å². The number of anilines is 1. The van der Waals surface area contributed by atoms with Gasteiger partial charge in [0.1, 0.15) is 5.75 Å². The minimum absolute atomic E-state index is 0.163. The summed E-state index contributed by atoms with van der Waals surface area (Å²) in [5, 5.41) is 9.61. The van der Waals surface area contributed by atoms with Crippen LogP contribution in [0, 0.1) is 0 Å². The van der Waals surface area contributed by atoms with E-state index in [9.17, 15) is 4.79 Å². The maximum atomic E-state index is 13.2. The molecule has 1 aromatic heterocycles. The van der Waals surface area contributed by atoms with Crippen molar-refractivity contribution in [1.29, 1.82) is 0 Å². The van der Waals surface area contributed by atoms with Gasteiger partial charge in [0.05, 0.1) is 18.0 Å². The van der Waals surface area contributed by atoms with Crippen molar-refractivity contribution in [1.82, 2.24) is 19.7 Å². The zero-order chi connectivity index (χ0) is 22.5. The maximum absolute atomic E-state index is 13.2. The van der Waals surface area contributed by atoms with Crippen LogP contribution in [0.4, 0.5) is 5.95 Å². The number of hydrogen-bond acceptors (Lipinski definition) is 6. The molecule has 7 nitrogen and oxygen atoms in total. The van der Waals surface area contributed by atoms with Crippen molar-refractivity contribution in [3.63, 3.8) is 0 Å². The molecular formula is C24H35N5O2S. The SMILES string of the molecule is COc1ccccc1-n1c(SC(C)C(=O)N(C)C2CCCCC2)nnc1N1CCCCC1. The fraction of sp³-hybridized carbons (Fsp3) is 0.625. The Balaban J connectivity index is 1.61. The normalized spacial score (nSPS) is 18.4. The first-order chi connectivity index (χ1) is 15.6. The number of ether oxygens (including phenoxy) is 1. The number of methoxy groups -OCH3 is 1. The highest BCUT2D eigenvalue weighted by Gasteiger charge is 2.29. The van der Waals surface area contributed by atoms with Gasteiger partial charge in [-0.15, -0.1) is 10.2 Å². The summed E-state index contributed by atoms with van der Waals surface area (Å²) >= 11 is 1.49. The molecule has 1 aliphatic carbocycles. The molecule has 1 aliphatic heterocycles.